The molecule has 0 atom stereocenters. The standard InChI is InChI=1S/C11H16N2O/c1-8-4-11(5-8,7-12)10(14)13-6-9-2-3-9/h8-9H,2-6H2,1H3,(H,13,14). The van der Waals surface area contributed by atoms with Crippen LogP contribution in [0.3, 0.4) is 0 Å². The van der Waals surface area contributed by atoms with E-state index < -0.39 is 5.41 Å². The van der Waals surface area contributed by atoms with E-state index in [0.717, 1.165) is 19.4 Å². The largest absolute Gasteiger partial charge is 0.354 e. The van der Waals surface area contributed by atoms with Crippen molar-refractivity contribution in [2.24, 2.45) is 17.3 Å². The smallest absolute Gasteiger partial charge is 0.240 e. The van der Waals surface area contributed by atoms with E-state index in [1.165, 1.54) is 12.8 Å². The number of hydrogen-bond donors (Lipinski definition) is 1. The highest BCUT2D eigenvalue weighted by molar-refractivity contribution is 5.86. The lowest BCUT2D eigenvalue weighted by atomic mass is 9.63. The van der Waals surface area contributed by atoms with Gasteiger partial charge in [0.25, 0.3) is 0 Å². The van der Waals surface area contributed by atoms with Crippen molar-refractivity contribution >= 4 is 5.91 Å². The van der Waals surface area contributed by atoms with Crippen LogP contribution in [0.5, 0.6) is 0 Å². The summed E-state index contributed by atoms with van der Waals surface area (Å²) >= 11 is 0. The predicted octanol–water partition coefficient (Wildman–Crippen LogP) is 1.45. The number of hydrogen-bond acceptors (Lipinski definition) is 2. The molecular weight excluding hydrogens is 176 g/mol. The Balaban J connectivity index is 1.85. The van der Waals surface area contributed by atoms with Crippen LogP contribution < -0.4 is 5.32 Å². The summed E-state index contributed by atoms with van der Waals surface area (Å²) in [5.41, 5.74) is -0.686. The number of amides is 1. The molecule has 0 aliphatic heterocycles. The van der Waals surface area contributed by atoms with E-state index >= 15 is 0 Å². The number of nitriles is 1. The van der Waals surface area contributed by atoms with Gasteiger partial charge in [-0.1, -0.05) is 6.92 Å². The lowest BCUT2D eigenvalue weighted by Crippen LogP contribution is -2.48. The first-order chi connectivity index (χ1) is 6.66. The molecule has 2 fully saturated rings. The van der Waals surface area contributed by atoms with E-state index in [4.69, 9.17) is 5.26 Å². The van der Waals surface area contributed by atoms with E-state index in [1.54, 1.807) is 0 Å². The lowest BCUT2D eigenvalue weighted by Gasteiger charge is -2.39. The molecule has 2 aliphatic carbocycles. The van der Waals surface area contributed by atoms with Crippen molar-refractivity contribution in [3.63, 3.8) is 0 Å². The van der Waals surface area contributed by atoms with Gasteiger partial charge in [0.2, 0.25) is 5.91 Å². The monoisotopic (exact) mass is 192 g/mol. The SMILES string of the molecule is CC1CC(C#N)(C(=O)NCC2CC2)C1. The number of nitrogens with zero attached hydrogens (tertiary/aromatic N) is 1. The number of rotatable bonds is 3. The molecule has 3 heteroatoms. The summed E-state index contributed by atoms with van der Waals surface area (Å²) in [7, 11) is 0. The second-order valence-corrected chi connectivity index (χ2v) is 4.86. The van der Waals surface area contributed by atoms with E-state index in [1.807, 2.05) is 0 Å². The fourth-order valence-corrected chi connectivity index (χ4v) is 2.19. The Bertz CT molecular complexity index is 282. The highest BCUT2D eigenvalue weighted by Crippen LogP contribution is 2.45. The zero-order chi connectivity index (χ0) is 10.2. The van der Waals surface area contributed by atoms with Gasteiger partial charge in [-0.05, 0) is 37.5 Å². The van der Waals surface area contributed by atoms with Gasteiger partial charge in [-0.15, -0.1) is 0 Å². The molecule has 1 amide bonds. The molecule has 0 heterocycles. The van der Waals surface area contributed by atoms with Crippen molar-refractivity contribution in [1.82, 2.24) is 5.32 Å². The number of nitrogens with one attached hydrogen (secondary N) is 1. The van der Waals surface area contributed by atoms with Crippen LogP contribution in [0.2, 0.25) is 0 Å². The summed E-state index contributed by atoms with van der Waals surface area (Å²) in [6.07, 6.45) is 3.94. The third kappa shape index (κ3) is 1.61. The van der Waals surface area contributed by atoms with E-state index in [0.29, 0.717) is 11.8 Å². The van der Waals surface area contributed by atoms with E-state index in [9.17, 15) is 4.79 Å². The first-order valence-electron chi connectivity index (χ1n) is 5.36. The minimum atomic E-state index is -0.686. The van der Waals surface area contributed by atoms with Crippen LogP contribution in [0.4, 0.5) is 0 Å². The molecular formula is C11H16N2O. The van der Waals surface area contributed by atoms with Gasteiger partial charge in [0.15, 0.2) is 0 Å². The third-order valence-electron chi connectivity index (χ3n) is 3.29. The van der Waals surface area contributed by atoms with Crippen molar-refractivity contribution in [2.75, 3.05) is 6.54 Å². The maximum atomic E-state index is 11.7. The van der Waals surface area contributed by atoms with Crippen molar-refractivity contribution in [3.8, 4) is 6.07 Å². The van der Waals surface area contributed by atoms with Gasteiger partial charge in [-0.2, -0.15) is 5.26 Å². The van der Waals surface area contributed by atoms with Crippen LogP contribution in [-0.4, -0.2) is 12.5 Å². The highest BCUT2D eigenvalue weighted by Gasteiger charge is 2.48. The van der Waals surface area contributed by atoms with Crippen LogP contribution >= 0.6 is 0 Å². The maximum absolute atomic E-state index is 11.7. The van der Waals surface area contributed by atoms with Gasteiger partial charge < -0.3 is 5.32 Å². The summed E-state index contributed by atoms with van der Waals surface area (Å²) in [6, 6.07) is 2.18. The van der Waals surface area contributed by atoms with Gasteiger partial charge >= 0.3 is 0 Å². The molecule has 0 aromatic carbocycles. The molecule has 0 unspecified atom stereocenters. The third-order valence-corrected chi connectivity index (χ3v) is 3.29. The average molecular weight is 192 g/mol. The van der Waals surface area contributed by atoms with Crippen molar-refractivity contribution in [3.05, 3.63) is 0 Å². The Hall–Kier alpha value is -1.04. The fraction of sp³-hybridized carbons (Fsp3) is 0.818. The predicted molar refractivity (Wildman–Crippen MR) is 52.2 cm³/mol. The van der Waals surface area contributed by atoms with Gasteiger partial charge in [-0.25, -0.2) is 0 Å². The Morgan fingerprint density at radius 2 is 2.21 bits per heavy atom. The lowest BCUT2D eigenvalue weighted by molar-refractivity contribution is -0.134. The molecule has 76 valence electrons. The van der Waals surface area contributed by atoms with Gasteiger partial charge in [-0.3, -0.25) is 4.79 Å². The van der Waals surface area contributed by atoms with Gasteiger partial charge in [0.1, 0.15) is 5.41 Å². The summed E-state index contributed by atoms with van der Waals surface area (Å²) in [6.45, 7) is 2.86. The second-order valence-electron chi connectivity index (χ2n) is 4.86. The number of carbonyl (C=O) groups excluding carboxylic acids is 1. The summed E-state index contributed by atoms with van der Waals surface area (Å²) in [5.74, 6) is 1.18. The molecule has 0 saturated heterocycles. The molecule has 3 nitrogen and oxygen atoms in total. The topological polar surface area (TPSA) is 52.9 Å². The Labute approximate surface area is 84.5 Å². The molecule has 2 aliphatic rings. The van der Waals surface area contributed by atoms with Crippen LogP contribution in [0, 0.1) is 28.6 Å². The molecule has 14 heavy (non-hydrogen) atoms. The zero-order valence-electron chi connectivity index (χ0n) is 8.55. The van der Waals surface area contributed by atoms with Gasteiger partial charge in [0.05, 0.1) is 6.07 Å². The van der Waals surface area contributed by atoms with Gasteiger partial charge in [0, 0.05) is 6.54 Å². The normalized spacial score (nSPS) is 35.6. The Morgan fingerprint density at radius 3 is 2.64 bits per heavy atom. The molecule has 0 bridgehead atoms. The summed E-state index contributed by atoms with van der Waals surface area (Å²) in [5, 5.41) is 11.9. The van der Waals surface area contributed by atoms with E-state index in [-0.39, 0.29) is 5.91 Å². The molecule has 2 saturated carbocycles. The zero-order valence-corrected chi connectivity index (χ0v) is 8.55. The van der Waals surface area contributed by atoms with Crippen LogP contribution in [0.15, 0.2) is 0 Å². The minimum Gasteiger partial charge on any atom is -0.354 e. The van der Waals surface area contributed by atoms with Crippen LogP contribution in [0.25, 0.3) is 0 Å². The summed E-state index contributed by atoms with van der Waals surface area (Å²) in [4.78, 5) is 11.7. The van der Waals surface area contributed by atoms with Crippen molar-refractivity contribution in [2.45, 2.75) is 32.6 Å². The molecule has 0 radical (unpaired) electrons. The highest BCUT2D eigenvalue weighted by atomic mass is 16.2. The Kier molecular flexibility index (Phi) is 2.22. The summed E-state index contributed by atoms with van der Waals surface area (Å²) < 4.78 is 0. The molecule has 0 spiro atoms. The fourth-order valence-electron chi connectivity index (χ4n) is 2.19. The first-order valence-corrected chi connectivity index (χ1v) is 5.36. The first kappa shape index (κ1) is 9.51. The molecule has 1 N–H and O–H groups in total. The Morgan fingerprint density at radius 1 is 1.57 bits per heavy atom. The van der Waals surface area contributed by atoms with Crippen LogP contribution in [0.1, 0.15) is 32.6 Å². The van der Waals surface area contributed by atoms with Crippen LogP contribution in [-0.2, 0) is 4.79 Å². The minimum absolute atomic E-state index is 0.0370. The van der Waals surface area contributed by atoms with Crippen molar-refractivity contribution in [1.29, 1.82) is 5.26 Å². The van der Waals surface area contributed by atoms with E-state index in [2.05, 4.69) is 18.3 Å². The second kappa shape index (κ2) is 3.27. The average Bonchev–Trinajstić information content (AvgIpc) is 2.92. The number of carbonyl (C=O) groups is 1. The van der Waals surface area contributed by atoms with Crippen molar-refractivity contribution < 1.29 is 4.79 Å². The maximum Gasteiger partial charge on any atom is 0.240 e. The molecule has 2 rings (SSSR count). The molecule has 0 aromatic heterocycles. The quantitative estimate of drug-likeness (QED) is 0.735. The molecule has 0 aromatic rings.